The molecule has 3 aromatic carbocycles. The van der Waals surface area contributed by atoms with Crippen molar-refractivity contribution in [2.45, 2.75) is 11.5 Å². The number of methoxy groups -OCH3 is 1. The number of hydrogen-bond donors (Lipinski definition) is 1. The van der Waals surface area contributed by atoms with Crippen LogP contribution in [0.4, 0.5) is 5.82 Å². The highest BCUT2D eigenvalue weighted by Crippen LogP contribution is 2.32. The summed E-state index contributed by atoms with van der Waals surface area (Å²) in [7, 11) is 0.617. The van der Waals surface area contributed by atoms with E-state index in [1.165, 1.54) is 0 Å². The number of aromatic nitrogens is 2. The summed E-state index contributed by atoms with van der Waals surface area (Å²) < 4.78 is 19.1. The third kappa shape index (κ3) is 3.17. The molecule has 1 aliphatic heterocycles. The maximum Gasteiger partial charge on any atom is 0.257 e. The van der Waals surface area contributed by atoms with Crippen LogP contribution >= 0.6 is 0 Å². The Bertz CT molecular complexity index is 1290. The Morgan fingerprint density at radius 3 is 2.60 bits per heavy atom. The fourth-order valence-corrected chi connectivity index (χ4v) is 5.03. The normalized spacial score (nSPS) is 15.2. The van der Waals surface area contributed by atoms with Crippen molar-refractivity contribution in [1.29, 1.82) is 0 Å². The average molecular weight is 417 g/mol. The Balaban J connectivity index is 1.57. The molecule has 1 aliphatic rings. The average Bonchev–Trinajstić information content (AvgIpc) is 3.30. The van der Waals surface area contributed by atoms with Gasteiger partial charge in [0.05, 0.1) is 30.0 Å². The minimum absolute atomic E-state index is 0.220. The maximum atomic E-state index is 13.2. The second-order valence-electron chi connectivity index (χ2n) is 7.09. The van der Waals surface area contributed by atoms with E-state index < -0.39 is 10.8 Å². The van der Waals surface area contributed by atoms with Crippen molar-refractivity contribution >= 4 is 33.3 Å². The number of nitrogens with zero attached hydrogens (tertiary/aromatic N) is 2. The Labute approximate surface area is 175 Å². The standard InChI is InChI=1S/C23H19N3O3S/c1-29-17-11-9-16(10-12-17)26-22(20-13-30(28)14-21(20)25-26)24-23(27)19-8-4-6-15-5-2-3-7-18(15)19/h2-12H,13-14H2,1H3,(H,24,27)/t30-/m0/s1. The summed E-state index contributed by atoms with van der Waals surface area (Å²) in [6, 6.07) is 20.9. The largest absolute Gasteiger partial charge is 0.497 e. The molecule has 0 unspecified atom stereocenters. The number of rotatable bonds is 4. The molecule has 6 nitrogen and oxygen atoms in total. The molecule has 2 heterocycles. The van der Waals surface area contributed by atoms with E-state index in [1.807, 2.05) is 66.7 Å². The summed E-state index contributed by atoms with van der Waals surface area (Å²) in [5.74, 6) is 1.87. The first-order valence-electron chi connectivity index (χ1n) is 9.53. The SMILES string of the molecule is COc1ccc(-n2nc3c(c2NC(=O)c2cccc4ccccc24)C[S@](=O)C3)cc1. The van der Waals surface area contributed by atoms with E-state index in [4.69, 9.17) is 4.74 Å². The lowest BCUT2D eigenvalue weighted by atomic mass is 10.0. The molecule has 0 fully saturated rings. The van der Waals surface area contributed by atoms with E-state index in [9.17, 15) is 9.00 Å². The first-order valence-corrected chi connectivity index (χ1v) is 11.0. The van der Waals surface area contributed by atoms with Crippen molar-refractivity contribution in [2.24, 2.45) is 0 Å². The van der Waals surface area contributed by atoms with Crippen LogP contribution in [0.3, 0.4) is 0 Å². The third-order valence-electron chi connectivity index (χ3n) is 5.25. The molecule has 0 saturated heterocycles. The first-order chi connectivity index (χ1) is 14.6. The van der Waals surface area contributed by atoms with Gasteiger partial charge in [-0.05, 0) is 41.1 Å². The molecular formula is C23H19N3O3S. The summed E-state index contributed by atoms with van der Waals surface area (Å²) >= 11 is 0. The Hall–Kier alpha value is -3.45. The molecule has 0 radical (unpaired) electrons. The second kappa shape index (κ2) is 7.42. The fraction of sp³-hybridized carbons (Fsp3) is 0.130. The Morgan fingerprint density at radius 2 is 1.80 bits per heavy atom. The monoisotopic (exact) mass is 417 g/mol. The van der Waals surface area contributed by atoms with Gasteiger partial charge in [-0.1, -0.05) is 36.4 Å². The molecule has 0 saturated carbocycles. The number of ether oxygens (including phenoxy) is 1. The fourth-order valence-electron chi connectivity index (χ4n) is 3.76. The lowest BCUT2D eigenvalue weighted by molar-refractivity contribution is 0.102. The van der Waals surface area contributed by atoms with Crippen molar-refractivity contribution in [2.75, 3.05) is 12.4 Å². The summed E-state index contributed by atoms with van der Waals surface area (Å²) in [6.45, 7) is 0. The van der Waals surface area contributed by atoms with Gasteiger partial charge in [-0.3, -0.25) is 9.00 Å². The summed E-state index contributed by atoms with van der Waals surface area (Å²) in [6.07, 6.45) is 0. The van der Waals surface area contributed by atoms with Gasteiger partial charge in [0.25, 0.3) is 5.91 Å². The van der Waals surface area contributed by atoms with Gasteiger partial charge in [0, 0.05) is 21.9 Å². The Morgan fingerprint density at radius 1 is 1.03 bits per heavy atom. The quantitative estimate of drug-likeness (QED) is 0.544. The molecule has 0 bridgehead atoms. The van der Waals surface area contributed by atoms with Crippen molar-refractivity contribution in [3.8, 4) is 11.4 Å². The molecular weight excluding hydrogens is 398 g/mol. The molecule has 5 rings (SSSR count). The van der Waals surface area contributed by atoms with Crippen LogP contribution in [0.25, 0.3) is 16.5 Å². The topological polar surface area (TPSA) is 73.2 Å². The predicted octanol–water partition coefficient (Wildman–Crippen LogP) is 4.05. The van der Waals surface area contributed by atoms with Gasteiger partial charge in [-0.15, -0.1) is 0 Å². The van der Waals surface area contributed by atoms with Gasteiger partial charge < -0.3 is 10.1 Å². The van der Waals surface area contributed by atoms with E-state index in [2.05, 4.69) is 10.4 Å². The van der Waals surface area contributed by atoms with Crippen LogP contribution in [-0.4, -0.2) is 27.0 Å². The van der Waals surface area contributed by atoms with Gasteiger partial charge in [0.1, 0.15) is 11.6 Å². The maximum absolute atomic E-state index is 13.2. The van der Waals surface area contributed by atoms with E-state index >= 15 is 0 Å². The number of hydrogen-bond acceptors (Lipinski definition) is 4. The third-order valence-corrected chi connectivity index (χ3v) is 6.46. The van der Waals surface area contributed by atoms with Crippen molar-refractivity contribution in [3.05, 3.63) is 83.6 Å². The van der Waals surface area contributed by atoms with E-state index in [-0.39, 0.29) is 5.91 Å². The summed E-state index contributed by atoms with van der Waals surface area (Å²) in [5, 5.41) is 9.57. The molecule has 1 aromatic heterocycles. The number of carbonyl (C=O) groups excluding carboxylic acids is 1. The van der Waals surface area contributed by atoms with Gasteiger partial charge >= 0.3 is 0 Å². The molecule has 1 amide bonds. The van der Waals surface area contributed by atoms with Crippen molar-refractivity contribution in [1.82, 2.24) is 9.78 Å². The van der Waals surface area contributed by atoms with Crippen LogP contribution in [0.15, 0.2) is 66.7 Å². The van der Waals surface area contributed by atoms with Crippen molar-refractivity contribution in [3.63, 3.8) is 0 Å². The molecule has 4 aromatic rings. The lowest BCUT2D eigenvalue weighted by Crippen LogP contribution is -2.17. The van der Waals surface area contributed by atoms with Crippen LogP contribution in [0.5, 0.6) is 5.75 Å². The smallest absolute Gasteiger partial charge is 0.257 e. The number of fused-ring (bicyclic) bond motifs is 2. The molecule has 7 heteroatoms. The van der Waals surface area contributed by atoms with E-state index in [0.717, 1.165) is 33.5 Å². The highest BCUT2D eigenvalue weighted by molar-refractivity contribution is 7.83. The first kappa shape index (κ1) is 18.6. The Kier molecular flexibility index (Phi) is 4.59. The zero-order valence-corrected chi connectivity index (χ0v) is 17.1. The van der Waals surface area contributed by atoms with Gasteiger partial charge in [0.15, 0.2) is 0 Å². The van der Waals surface area contributed by atoms with Gasteiger partial charge in [-0.25, -0.2) is 4.68 Å². The van der Waals surface area contributed by atoms with Crippen LogP contribution in [0.1, 0.15) is 21.6 Å². The molecule has 0 aliphatic carbocycles. The van der Waals surface area contributed by atoms with Gasteiger partial charge in [-0.2, -0.15) is 5.10 Å². The van der Waals surface area contributed by atoms with Crippen LogP contribution in [0.2, 0.25) is 0 Å². The van der Waals surface area contributed by atoms with Crippen LogP contribution in [-0.2, 0) is 22.3 Å². The number of benzene rings is 3. The lowest BCUT2D eigenvalue weighted by Gasteiger charge is -2.12. The number of carbonyl (C=O) groups is 1. The number of nitrogens with one attached hydrogen (secondary N) is 1. The van der Waals surface area contributed by atoms with Crippen molar-refractivity contribution < 1.29 is 13.7 Å². The molecule has 1 N–H and O–H groups in total. The minimum atomic E-state index is -0.997. The minimum Gasteiger partial charge on any atom is -0.497 e. The summed E-state index contributed by atoms with van der Waals surface area (Å²) in [4.78, 5) is 13.2. The zero-order chi connectivity index (χ0) is 20.7. The zero-order valence-electron chi connectivity index (χ0n) is 16.3. The molecule has 150 valence electrons. The van der Waals surface area contributed by atoms with Crippen LogP contribution < -0.4 is 10.1 Å². The van der Waals surface area contributed by atoms with E-state index in [0.29, 0.717) is 22.9 Å². The predicted molar refractivity (Wildman–Crippen MR) is 118 cm³/mol. The number of amides is 1. The number of anilines is 1. The highest BCUT2D eigenvalue weighted by atomic mass is 32.2. The van der Waals surface area contributed by atoms with Gasteiger partial charge in [0.2, 0.25) is 0 Å². The summed E-state index contributed by atoms with van der Waals surface area (Å²) in [5.41, 5.74) is 2.97. The molecule has 1 atom stereocenters. The van der Waals surface area contributed by atoms with Crippen LogP contribution in [0, 0.1) is 0 Å². The second-order valence-corrected chi connectivity index (χ2v) is 8.55. The highest BCUT2D eigenvalue weighted by Gasteiger charge is 2.28. The molecule has 0 spiro atoms. The van der Waals surface area contributed by atoms with E-state index in [1.54, 1.807) is 11.8 Å². The molecule has 30 heavy (non-hydrogen) atoms.